The third-order valence-corrected chi connectivity index (χ3v) is 4.81. The summed E-state index contributed by atoms with van der Waals surface area (Å²) in [7, 11) is 2.10. The number of fused-ring (bicyclic) bond motifs is 2. The summed E-state index contributed by atoms with van der Waals surface area (Å²) in [5.74, 6) is 0.261. The molecule has 0 saturated carbocycles. The van der Waals surface area contributed by atoms with Crippen molar-refractivity contribution in [3.05, 3.63) is 35.0 Å². The molecule has 0 unspecified atom stereocenters. The van der Waals surface area contributed by atoms with Gasteiger partial charge >= 0.3 is 0 Å². The zero-order valence-corrected chi connectivity index (χ0v) is 14.4. The number of carbonyl (C=O) groups is 1. The van der Waals surface area contributed by atoms with E-state index in [2.05, 4.69) is 55.6 Å². The molecular weight excluding hydrogens is 272 g/mol. The minimum Gasteiger partial charge on any atom is -0.350 e. The second-order valence-electron chi connectivity index (χ2n) is 7.63. The van der Waals surface area contributed by atoms with Crippen LogP contribution >= 0.6 is 0 Å². The van der Waals surface area contributed by atoms with Gasteiger partial charge in [-0.3, -0.25) is 4.90 Å². The fraction of sp³-hybridized carbons (Fsp3) is 0.526. The number of benzene rings is 1. The predicted octanol–water partition coefficient (Wildman–Crippen LogP) is 3.81. The maximum Gasteiger partial charge on any atom is 0.130 e. The van der Waals surface area contributed by atoms with Crippen LogP contribution in [-0.2, 0) is 31.4 Å². The molecule has 1 aromatic carbocycles. The summed E-state index contributed by atoms with van der Waals surface area (Å²) >= 11 is 0. The second-order valence-corrected chi connectivity index (χ2v) is 7.63. The summed E-state index contributed by atoms with van der Waals surface area (Å²) in [6.45, 7) is 10.5. The molecule has 3 nitrogen and oxygen atoms in total. The lowest BCUT2D eigenvalue weighted by atomic mass is 10.0. The third-order valence-electron chi connectivity index (χ3n) is 4.81. The van der Waals surface area contributed by atoms with Gasteiger partial charge in [-0.05, 0) is 62.9 Å². The largest absolute Gasteiger partial charge is 0.350 e. The van der Waals surface area contributed by atoms with Crippen LogP contribution < -0.4 is 0 Å². The summed E-state index contributed by atoms with van der Waals surface area (Å²) < 4.78 is 2.20. The smallest absolute Gasteiger partial charge is 0.130 e. The highest BCUT2D eigenvalue weighted by Gasteiger charge is 2.28. The van der Waals surface area contributed by atoms with Crippen molar-refractivity contribution in [2.45, 2.75) is 59.2 Å². The van der Waals surface area contributed by atoms with Gasteiger partial charge < -0.3 is 9.36 Å². The summed E-state index contributed by atoms with van der Waals surface area (Å²) in [6, 6.07) is 4.69. The van der Waals surface area contributed by atoms with Gasteiger partial charge in [-0.1, -0.05) is 0 Å². The number of carbonyl (C=O) groups excluding carboxylic acids is 1. The Hall–Kier alpha value is -1.61. The first-order chi connectivity index (χ1) is 10.3. The number of aromatic nitrogens is 1. The molecule has 1 aromatic heterocycles. The SMILES string of the molecule is CC(=O)CCc1cn(C)c2cc3c(cc12)CN(C(C)(C)C)C3. The van der Waals surface area contributed by atoms with Gasteiger partial charge in [0.15, 0.2) is 0 Å². The van der Waals surface area contributed by atoms with Gasteiger partial charge in [-0.25, -0.2) is 0 Å². The Labute approximate surface area is 132 Å². The Kier molecular flexibility index (Phi) is 3.64. The number of hydrogen-bond donors (Lipinski definition) is 0. The van der Waals surface area contributed by atoms with Crippen LogP contribution in [0.5, 0.6) is 0 Å². The van der Waals surface area contributed by atoms with Crippen molar-refractivity contribution in [1.29, 1.82) is 0 Å². The lowest BCUT2D eigenvalue weighted by molar-refractivity contribution is -0.116. The lowest BCUT2D eigenvalue weighted by Gasteiger charge is -2.31. The molecule has 0 spiro atoms. The van der Waals surface area contributed by atoms with Crippen molar-refractivity contribution >= 4 is 16.7 Å². The fourth-order valence-corrected chi connectivity index (χ4v) is 3.34. The summed E-state index contributed by atoms with van der Waals surface area (Å²) in [4.78, 5) is 13.8. The van der Waals surface area contributed by atoms with Crippen LogP contribution in [0.1, 0.15) is 50.8 Å². The van der Waals surface area contributed by atoms with Gasteiger partial charge in [0.2, 0.25) is 0 Å². The molecule has 118 valence electrons. The molecule has 3 rings (SSSR count). The first-order valence-corrected chi connectivity index (χ1v) is 8.10. The molecule has 22 heavy (non-hydrogen) atoms. The van der Waals surface area contributed by atoms with E-state index in [9.17, 15) is 4.79 Å². The quantitative estimate of drug-likeness (QED) is 0.861. The molecule has 1 aliphatic heterocycles. The number of Topliss-reactive ketones (excluding diaryl/α,β-unsaturated/α-hetero) is 1. The standard InChI is InChI=1S/C19H26N2O/c1-13(22)6-7-14-10-20(5)18-9-16-12-21(19(2,3)4)11-15(16)8-17(14)18/h8-10H,6-7,11-12H2,1-5H3. The lowest BCUT2D eigenvalue weighted by Crippen LogP contribution is -2.36. The highest BCUT2D eigenvalue weighted by molar-refractivity contribution is 5.86. The number of nitrogens with zero attached hydrogens (tertiary/aromatic N) is 2. The van der Waals surface area contributed by atoms with Crippen LogP contribution in [0.4, 0.5) is 0 Å². The molecule has 0 amide bonds. The van der Waals surface area contributed by atoms with Crippen molar-refractivity contribution in [3.8, 4) is 0 Å². The molecule has 0 aliphatic carbocycles. The number of hydrogen-bond acceptors (Lipinski definition) is 2. The molecule has 2 heterocycles. The maximum absolute atomic E-state index is 11.3. The van der Waals surface area contributed by atoms with E-state index in [0.29, 0.717) is 6.42 Å². The maximum atomic E-state index is 11.3. The summed E-state index contributed by atoms with van der Waals surface area (Å²) in [5.41, 5.74) is 5.67. The van der Waals surface area contributed by atoms with E-state index in [4.69, 9.17) is 0 Å². The van der Waals surface area contributed by atoms with Crippen molar-refractivity contribution in [2.75, 3.05) is 0 Å². The van der Waals surface area contributed by atoms with Crippen LogP contribution in [0.2, 0.25) is 0 Å². The molecule has 3 heteroatoms. The van der Waals surface area contributed by atoms with Crippen molar-refractivity contribution in [3.63, 3.8) is 0 Å². The third kappa shape index (κ3) is 2.70. The highest BCUT2D eigenvalue weighted by Crippen LogP contribution is 2.33. The van der Waals surface area contributed by atoms with E-state index in [1.165, 1.54) is 27.6 Å². The minimum absolute atomic E-state index is 0.197. The van der Waals surface area contributed by atoms with Crippen LogP contribution in [-0.4, -0.2) is 20.8 Å². The Morgan fingerprint density at radius 3 is 2.41 bits per heavy atom. The van der Waals surface area contributed by atoms with Crippen LogP contribution in [0.25, 0.3) is 10.9 Å². The Bertz CT molecular complexity index is 734. The monoisotopic (exact) mass is 298 g/mol. The number of aryl methyl sites for hydroxylation is 2. The Morgan fingerprint density at radius 1 is 1.18 bits per heavy atom. The minimum atomic E-state index is 0.197. The van der Waals surface area contributed by atoms with Gasteiger partial charge in [0.05, 0.1) is 0 Å². The highest BCUT2D eigenvalue weighted by atomic mass is 16.1. The van der Waals surface area contributed by atoms with Gasteiger partial charge in [-0.2, -0.15) is 0 Å². The first kappa shape index (κ1) is 15.3. The van der Waals surface area contributed by atoms with E-state index < -0.39 is 0 Å². The molecular formula is C19H26N2O. The van der Waals surface area contributed by atoms with Gasteiger partial charge in [-0.15, -0.1) is 0 Å². The molecule has 0 atom stereocenters. The van der Waals surface area contributed by atoms with E-state index >= 15 is 0 Å². The van der Waals surface area contributed by atoms with Gasteiger partial charge in [0, 0.05) is 49.2 Å². The first-order valence-electron chi connectivity index (χ1n) is 8.10. The molecule has 0 saturated heterocycles. The Morgan fingerprint density at radius 2 is 1.82 bits per heavy atom. The van der Waals surface area contributed by atoms with Crippen LogP contribution in [0, 0.1) is 0 Å². The normalized spacial score (nSPS) is 15.5. The average molecular weight is 298 g/mol. The van der Waals surface area contributed by atoms with Crippen molar-refractivity contribution in [1.82, 2.24) is 9.47 Å². The van der Waals surface area contributed by atoms with Crippen molar-refractivity contribution in [2.24, 2.45) is 7.05 Å². The average Bonchev–Trinajstić information content (AvgIpc) is 2.95. The van der Waals surface area contributed by atoms with Gasteiger partial charge in [0.25, 0.3) is 0 Å². The van der Waals surface area contributed by atoms with Crippen LogP contribution in [0.15, 0.2) is 18.3 Å². The number of rotatable bonds is 3. The van der Waals surface area contributed by atoms with Gasteiger partial charge in [0.1, 0.15) is 5.78 Å². The van der Waals surface area contributed by atoms with E-state index in [0.717, 1.165) is 19.5 Å². The molecule has 0 fully saturated rings. The number of ketones is 1. The fourth-order valence-electron chi connectivity index (χ4n) is 3.34. The molecule has 2 aromatic rings. The zero-order chi connectivity index (χ0) is 16.1. The van der Waals surface area contributed by atoms with E-state index in [1.807, 2.05) is 0 Å². The zero-order valence-electron chi connectivity index (χ0n) is 14.4. The molecule has 1 aliphatic rings. The summed E-state index contributed by atoms with van der Waals surface area (Å²) in [6.07, 6.45) is 3.66. The second kappa shape index (κ2) is 5.24. The van der Waals surface area contributed by atoms with Crippen LogP contribution in [0.3, 0.4) is 0 Å². The molecule has 0 N–H and O–H groups in total. The topological polar surface area (TPSA) is 25.2 Å². The van der Waals surface area contributed by atoms with E-state index in [1.54, 1.807) is 6.92 Å². The molecule has 0 bridgehead atoms. The molecule has 0 radical (unpaired) electrons. The van der Waals surface area contributed by atoms with Crippen molar-refractivity contribution < 1.29 is 4.79 Å². The summed E-state index contributed by atoms with van der Waals surface area (Å²) in [5, 5.41) is 1.32. The predicted molar refractivity (Wildman–Crippen MR) is 90.9 cm³/mol. The Balaban J connectivity index is 1.99. The van der Waals surface area contributed by atoms with E-state index in [-0.39, 0.29) is 11.3 Å².